The van der Waals surface area contributed by atoms with E-state index in [4.69, 9.17) is 0 Å². The molecule has 3 rings (SSSR count). The van der Waals surface area contributed by atoms with Gasteiger partial charge in [-0.3, -0.25) is 4.31 Å². The maximum Gasteiger partial charge on any atom is 0.265 e. The highest BCUT2D eigenvalue weighted by atomic mass is 32.2. The second kappa shape index (κ2) is 6.15. The first kappa shape index (κ1) is 16.9. The highest BCUT2D eigenvalue weighted by molar-refractivity contribution is 7.93. The SMILES string of the molecule is CS(=O)(=O)c1ccc(S(=O)(=O)N2CCNCc3ccccc32)cn1. The highest BCUT2D eigenvalue weighted by Gasteiger charge is 2.28. The summed E-state index contributed by atoms with van der Waals surface area (Å²) in [4.78, 5) is 3.75. The lowest BCUT2D eigenvalue weighted by atomic mass is 10.2. The molecule has 0 spiro atoms. The van der Waals surface area contributed by atoms with Gasteiger partial charge in [-0.15, -0.1) is 0 Å². The average Bonchev–Trinajstić information content (AvgIpc) is 2.77. The topological polar surface area (TPSA) is 96.4 Å². The Labute approximate surface area is 141 Å². The molecule has 24 heavy (non-hydrogen) atoms. The van der Waals surface area contributed by atoms with Crippen molar-refractivity contribution in [1.29, 1.82) is 0 Å². The molecule has 0 fully saturated rings. The molecule has 9 heteroatoms. The number of sulfonamides is 1. The maximum absolute atomic E-state index is 13.0. The van der Waals surface area contributed by atoms with Gasteiger partial charge in [-0.05, 0) is 23.8 Å². The summed E-state index contributed by atoms with van der Waals surface area (Å²) >= 11 is 0. The zero-order chi connectivity index (χ0) is 17.4. The van der Waals surface area contributed by atoms with E-state index in [0.717, 1.165) is 18.0 Å². The van der Waals surface area contributed by atoms with Crippen LogP contribution in [0.3, 0.4) is 0 Å². The lowest BCUT2D eigenvalue weighted by Gasteiger charge is -2.24. The molecule has 2 heterocycles. The molecule has 0 radical (unpaired) electrons. The van der Waals surface area contributed by atoms with Crippen molar-refractivity contribution in [2.45, 2.75) is 16.5 Å². The molecule has 1 aromatic carbocycles. The minimum Gasteiger partial charge on any atom is -0.311 e. The molecule has 1 aliphatic heterocycles. The molecule has 128 valence electrons. The van der Waals surface area contributed by atoms with E-state index >= 15 is 0 Å². The molecule has 0 saturated carbocycles. The van der Waals surface area contributed by atoms with E-state index in [-0.39, 0.29) is 16.5 Å². The minimum atomic E-state index is -3.83. The van der Waals surface area contributed by atoms with Crippen LogP contribution in [0.1, 0.15) is 5.56 Å². The summed E-state index contributed by atoms with van der Waals surface area (Å²) in [5.74, 6) is 0. The van der Waals surface area contributed by atoms with Gasteiger partial charge in [0, 0.05) is 32.1 Å². The zero-order valence-electron chi connectivity index (χ0n) is 13.0. The summed E-state index contributed by atoms with van der Waals surface area (Å²) in [6, 6.07) is 9.78. The number of sulfone groups is 1. The second-order valence-electron chi connectivity index (χ2n) is 5.49. The molecule has 0 amide bonds. The van der Waals surface area contributed by atoms with Crippen molar-refractivity contribution in [3.8, 4) is 0 Å². The Kier molecular flexibility index (Phi) is 4.33. The summed E-state index contributed by atoms with van der Waals surface area (Å²) in [5.41, 5.74) is 1.51. The van der Waals surface area contributed by atoms with E-state index in [9.17, 15) is 16.8 Å². The van der Waals surface area contributed by atoms with Gasteiger partial charge in [0.2, 0.25) is 0 Å². The van der Waals surface area contributed by atoms with Crippen molar-refractivity contribution in [2.75, 3.05) is 23.7 Å². The molecule has 1 aromatic heterocycles. The lowest BCUT2D eigenvalue weighted by molar-refractivity contribution is 0.586. The van der Waals surface area contributed by atoms with E-state index in [0.29, 0.717) is 18.8 Å². The predicted octanol–water partition coefficient (Wildman–Crippen LogP) is 0.784. The van der Waals surface area contributed by atoms with Crippen LogP contribution in [0.5, 0.6) is 0 Å². The molecule has 1 aliphatic rings. The molecule has 7 nitrogen and oxygen atoms in total. The molecule has 0 saturated heterocycles. The smallest absolute Gasteiger partial charge is 0.265 e. The number of nitrogens with one attached hydrogen (secondary N) is 1. The number of hydrogen-bond acceptors (Lipinski definition) is 6. The maximum atomic E-state index is 13.0. The Morgan fingerprint density at radius 2 is 1.83 bits per heavy atom. The van der Waals surface area contributed by atoms with Gasteiger partial charge in [0.15, 0.2) is 14.9 Å². The van der Waals surface area contributed by atoms with Gasteiger partial charge < -0.3 is 5.32 Å². The van der Waals surface area contributed by atoms with E-state index < -0.39 is 19.9 Å². The van der Waals surface area contributed by atoms with Crippen LogP contribution in [0.15, 0.2) is 52.5 Å². The quantitative estimate of drug-likeness (QED) is 0.861. The van der Waals surface area contributed by atoms with Crippen molar-refractivity contribution in [1.82, 2.24) is 10.3 Å². The number of para-hydroxylation sites is 1. The summed E-state index contributed by atoms with van der Waals surface area (Å²) in [7, 11) is -7.30. The van der Waals surface area contributed by atoms with Crippen molar-refractivity contribution < 1.29 is 16.8 Å². The number of benzene rings is 1. The number of aromatic nitrogens is 1. The monoisotopic (exact) mass is 367 g/mol. The van der Waals surface area contributed by atoms with E-state index in [1.807, 2.05) is 12.1 Å². The Hall–Kier alpha value is -1.97. The lowest BCUT2D eigenvalue weighted by Crippen LogP contribution is -2.34. The Morgan fingerprint density at radius 1 is 1.08 bits per heavy atom. The normalized spacial score (nSPS) is 15.6. The van der Waals surface area contributed by atoms with Gasteiger partial charge in [0.25, 0.3) is 10.0 Å². The van der Waals surface area contributed by atoms with E-state index in [1.165, 1.54) is 16.4 Å². The molecule has 0 atom stereocenters. The van der Waals surface area contributed by atoms with Crippen LogP contribution in [-0.2, 0) is 26.4 Å². The van der Waals surface area contributed by atoms with Gasteiger partial charge >= 0.3 is 0 Å². The van der Waals surface area contributed by atoms with E-state index in [2.05, 4.69) is 10.3 Å². The zero-order valence-corrected chi connectivity index (χ0v) is 14.6. The molecule has 0 bridgehead atoms. The van der Waals surface area contributed by atoms with Crippen molar-refractivity contribution in [3.63, 3.8) is 0 Å². The molecule has 0 unspecified atom stereocenters. The van der Waals surface area contributed by atoms with Gasteiger partial charge in [0.05, 0.1) is 5.69 Å². The number of rotatable bonds is 3. The number of anilines is 1. The fraction of sp³-hybridized carbons (Fsp3) is 0.267. The second-order valence-corrected chi connectivity index (χ2v) is 9.31. The fourth-order valence-electron chi connectivity index (χ4n) is 2.54. The number of hydrogen-bond donors (Lipinski definition) is 1. The van der Waals surface area contributed by atoms with Crippen molar-refractivity contribution >= 4 is 25.5 Å². The van der Waals surface area contributed by atoms with Gasteiger partial charge in [-0.1, -0.05) is 18.2 Å². The van der Waals surface area contributed by atoms with Crippen molar-refractivity contribution in [2.24, 2.45) is 0 Å². The number of fused-ring (bicyclic) bond motifs is 1. The Bertz CT molecular complexity index is 954. The molecular formula is C15H17N3O4S2. The summed E-state index contributed by atoms with van der Waals surface area (Å²) in [6.07, 6.45) is 2.12. The first-order chi connectivity index (χ1) is 11.3. The number of pyridine rings is 1. The van der Waals surface area contributed by atoms with Crippen LogP contribution >= 0.6 is 0 Å². The third-order valence-corrected chi connectivity index (χ3v) is 6.54. The van der Waals surface area contributed by atoms with Crippen LogP contribution < -0.4 is 9.62 Å². The third kappa shape index (κ3) is 3.14. The van der Waals surface area contributed by atoms with Crippen molar-refractivity contribution in [3.05, 3.63) is 48.2 Å². The highest BCUT2D eigenvalue weighted by Crippen LogP contribution is 2.28. The molecular weight excluding hydrogens is 350 g/mol. The first-order valence-corrected chi connectivity index (χ1v) is 10.6. The van der Waals surface area contributed by atoms with Crippen LogP contribution in [0, 0.1) is 0 Å². The minimum absolute atomic E-state index is 0.0356. The fourth-order valence-corrected chi connectivity index (χ4v) is 4.55. The van der Waals surface area contributed by atoms with E-state index in [1.54, 1.807) is 12.1 Å². The Balaban J connectivity index is 2.05. The Morgan fingerprint density at radius 3 is 2.50 bits per heavy atom. The van der Waals surface area contributed by atoms with Gasteiger partial charge in [0.1, 0.15) is 4.90 Å². The largest absolute Gasteiger partial charge is 0.311 e. The molecule has 0 aliphatic carbocycles. The average molecular weight is 367 g/mol. The first-order valence-electron chi connectivity index (χ1n) is 7.27. The summed E-state index contributed by atoms with van der Waals surface area (Å²) in [5, 5.41) is 3.03. The number of nitrogens with zero attached hydrogens (tertiary/aromatic N) is 2. The van der Waals surface area contributed by atoms with Gasteiger partial charge in [-0.25, -0.2) is 21.8 Å². The summed E-state index contributed by atoms with van der Waals surface area (Å²) in [6.45, 7) is 1.39. The van der Waals surface area contributed by atoms with Crippen LogP contribution in [0.4, 0.5) is 5.69 Å². The van der Waals surface area contributed by atoms with Crippen LogP contribution in [0.2, 0.25) is 0 Å². The molecule has 2 aromatic rings. The van der Waals surface area contributed by atoms with Gasteiger partial charge in [-0.2, -0.15) is 0 Å². The molecule has 1 N–H and O–H groups in total. The van der Waals surface area contributed by atoms with Crippen LogP contribution in [0.25, 0.3) is 0 Å². The standard InChI is InChI=1S/C15H17N3O4S2/c1-23(19,20)15-7-6-13(11-17-15)24(21,22)18-9-8-16-10-12-4-2-3-5-14(12)18/h2-7,11,16H,8-10H2,1H3. The third-order valence-electron chi connectivity index (χ3n) is 3.74. The summed E-state index contributed by atoms with van der Waals surface area (Å²) < 4.78 is 50.2. The predicted molar refractivity (Wildman–Crippen MR) is 90.0 cm³/mol. The van der Waals surface area contributed by atoms with Crippen LogP contribution in [-0.4, -0.2) is 41.2 Å².